The van der Waals surface area contributed by atoms with Gasteiger partial charge in [-0.25, -0.2) is 0 Å². The monoisotopic (exact) mass is 462 g/mol. The lowest BCUT2D eigenvalue weighted by atomic mass is 9.70. The highest BCUT2D eigenvalue weighted by atomic mass is 16.5. The number of piperidine rings is 1. The van der Waals surface area contributed by atoms with Crippen LogP contribution in [-0.2, 0) is 25.7 Å². The number of hydrogen-bond acceptors (Lipinski definition) is 6. The van der Waals surface area contributed by atoms with Crippen LogP contribution in [0.2, 0.25) is 0 Å². The van der Waals surface area contributed by atoms with Crippen molar-refractivity contribution in [2.24, 2.45) is 17.8 Å². The SMILES string of the molecule is COc1ccc(CNC(=O)C2C3C=C[C@@]4(O3)C2C(=O)N2C(c3ccco3)CC(=O)C(C)C24)cc1. The molecule has 8 heteroatoms. The summed E-state index contributed by atoms with van der Waals surface area (Å²) in [5, 5.41) is 2.98. The number of ether oxygens (including phenoxy) is 2. The largest absolute Gasteiger partial charge is 0.497 e. The normalized spacial score (nSPS) is 35.4. The number of methoxy groups -OCH3 is 1. The molecule has 0 aliphatic carbocycles. The van der Waals surface area contributed by atoms with Crippen LogP contribution in [0.15, 0.2) is 59.2 Å². The number of Topliss-reactive ketones (excluding diaryl/α,β-unsaturated/α-hetero) is 1. The fourth-order valence-electron chi connectivity index (χ4n) is 6.31. The molecule has 2 amide bonds. The summed E-state index contributed by atoms with van der Waals surface area (Å²) in [5.74, 6) is -0.709. The summed E-state index contributed by atoms with van der Waals surface area (Å²) in [6.45, 7) is 2.19. The molecule has 2 aromatic rings. The second-order valence-corrected chi connectivity index (χ2v) is 9.55. The first kappa shape index (κ1) is 21.2. The average Bonchev–Trinajstić information content (AvgIpc) is 3.62. The van der Waals surface area contributed by atoms with Crippen molar-refractivity contribution < 1.29 is 28.3 Å². The Morgan fingerprint density at radius 3 is 2.74 bits per heavy atom. The molecule has 3 fully saturated rings. The standard InChI is InChI=1S/C26H26N2O6/c1-14-18(29)12-17(19-4-3-11-33-19)28-23(14)26-10-9-20(34-26)21(22(26)25(28)31)24(30)27-13-15-5-7-16(32-2)8-6-15/h3-11,14,17,20-23H,12-13H2,1-2H3,(H,27,30)/t14?,17?,20?,21?,22?,23?,26-/m1/s1. The van der Waals surface area contributed by atoms with Crippen LogP contribution in [0.4, 0.5) is 0 Å². The van der Waals surface area contributed by atoms with E-state index in [2.05, 4.69) is 5.32 Å². The van der Waals surface area contributed by atoms with Crippen molar-refractivity contribution in [1.29, 1.82) is 0 Å². The molecule has 1 aromatic carbocycles. The van der Waals surface area contributed by atoms with E-state index in [1.54, 1.807) is 30.4 Å². The third-order valence-electron chi connectivity index (χ3n) is 7.88. The van der Waals surface area contributed by atoms with Gasteiger partial charge in [0.2, 0.25) is 11.8 Å². The van der Waals surface area contributed by atoms with Gasteiger partial charge >= 0.3 is 0 Å². The van der Waals surface area contributed by atoms with Crippen molar-refractivity contribution in [3.63, 3.8) is 0 Å². The molecular weight excluding hydrogens is 436 g/mol. The van der Waals surface area contributed by atoms with E-state index in [0.29, 0.717) is 12.3 Å². The summed E-state index contributed by atoms with van der Waals surface area (Å²) in [7, 11) is 1.60. The zero-order chi connectivity index (χ0) is 23.6. The van der Waals surface area contributed by atoms with Gasteiger partial charge in [-0.15, -0.1) is 0 Å². The Hall–Kier alpha value is -3.39. The van der Waals surface area contributed by atoms with Crippen LogP contribution in [0.5, 0.6) is 5.75 Å². The molecule has 1 N–H and O–H groups in total. The van der Waals surface area contributed by atoms with Gasteiger partial charge in [0.05, 0.1) is 43.4 Å². The Bertz CT molecular complexity index is 1170. The maximum atomic E-state index is 13.9. The number of nitrogens with one attached hydrogen (secondary N) is 1. The minimum absolute atomic E-state index is 0.0679. The Kier molecular flexibility index (Phi) is 4.71. The second kappa shape index (κ2) is 7.56. The molecular formula is C26H26N2O6. The van der Waals surface area contributed by atoms with Crippen molar-refractivity contribution in [2.45, 2.75) is 43.7 Å². The molecule has 6 unspecified atom stereocenters. The van der Waals surface area contributed by atoms with E-state index in [1.807, 2.05) is 43.3 Å². The quantitative estimate of drug-likeness (QED) is 0.686. The molecule has 4 aliphatic rings. The van der Waals surface area contributed by atoms with E-state index in [1.165, 1.54) is 0 Å². The number of nitrogens with zero attached hydrogens (tertiary/aromatic N) is 1. The smallest absolute Gasteiger partial charge is 0.230 e. The molecule has 2 bridgehead atoms. The molecule has 0 radical (unpaired) electrons. The van der Waals surface area contributed by atoms with Crippen LogP contribution in [0.1, 0.15) is 30.7 Å². The highest BCUT2D eigenvalue weighted by molar-refractivity contribution is 5.96. The lowest BCUT2D eigenvalue weighted by Crippen LogP contribution is -2.55. The maximum absolute atomic E-state index is 13.9. The molecule has 1 aromatic heterocycles. The highest BCUT2D eigenvalue weighted by Gasteiger charge is 2.74. The molecule has 5 heterocycles. The van der Waals surface area contributed by atoms with Crippen LogP contribution in [-0.4, -0.2) is 47.4 Å². The van der Waals surface area contributed by atoms with E-state index in [9.17, 15) is 14.4 Å². The lowest BCUT2D eigenvalue weighted by molar-refractivity contribution is -0.148. The second-order valence-electron chi connectivity index (χ2n) is 9.55. The van der Waals surface area contributed by atoms with Gasteiger partial charge in [-0.3, -0.25) is 14.4 Å². The molecule has 1 spiro atoms. The van der Waals surface area contributed by atoms with E-state index < -0.39 is 41.5 Å². The number of carbonyl (C=O) groups is 3. The number of furan rings is 1. The van der Waals surface area contributed by atoms with Crippen LogP contribution in [0, 0.1) is 17.8 Å². The van der Waals surface area contributed by atoms with Gasteiger partial charge in [-0.1, -0.05) is 31.2 Å². The van der Waals surface area contributed by atoms with Crippen molar-refractivity contribution in [1.82, 2.24) is 10.2 Å². The third kappa shape index (κ3) is 2.84. The zero-order valence-corrected chi connectivity index (χ0v) is 19.0. The van der Waals surface area contributed by atoms with E-state index in [0.717, 1.165) is 11.3 Å². The Morgan fingerprint density at radius 1 is 1.24 bits per heavy atom. The average molecular weight is 463 g/mol. The van der Waals surface area contributed by atoms with Crippen LogP contribution in [0.25, 0.3) is 0 Å². The van der Waals surface area contributed by atoms with Crippen LogP contribution >= 0.6 is 0 Å². The van der Waals surface area contributed by atoms with Crippen LogP contribution in [0.3, 0.4) is 0 Å². The van der Waals surface area contributed by atoms with Crippen molar-refractivity contribution in [3.05, 3.63) is 66.1 Å². The highest BCUT2D eigenvalue weighted by Crippen LogP contribution is 2.59. The summed E-state index contributed by atoms with van der Waals surface area (Å²) in [6, 6.07) is 10.0. The summed E-state index contributed by atoms with van der Waals surface area (Å²) in [6.07, 6.45) is 5.04. The van der Waals surface area contributed by atoms with Gasteiger partial charge in [0.25, 0.3) is 0 Å². The van der Waals surface area contributed by atoms with Gasteiger partial charge in [0, 0.05) is 18.9 Å². The molecule has 3 saturated heterocycles. The number of rotatable bonds is 5. The number of amides is 2. The Balaban J connectivity index is 1.29. The summed E-state index contributed by atoms with van der Waals surface area (Å²) in [5.41, 5.74) is -0.0553. The molecule has 8 nitrogen and oxygen atoms in total. The summed E-state index contributed by atoms with van der Waals surface area (Å²) < 4.78 is 17.2. The maximum Gasteiger partial charge on any atom is 0.230 e. The fraction of sp³-hybridized carbons (Fsp3) is 0.423. The molecule has 176 valence electrons. The molecule has 34 heavy (non-hydrogen) atoms. The van der Waals surface area contributed by atoms with Gasteiger partial charge in [0.15, 0.2) is 0 Å². The summed E-state index contributed by atoms with van der Waals surface area (Å²) >= 11 is 0. The zero-order valence-electron chi connectivity index (χ0n) is 19.0. The lowest BCUT2D eigenvalue weighted by Gasteiger charge is -2.43. The summed E-state index contributed by atoms with van der Waals surface area (Å²) in [4.78, 5) is 42.0. The van der Waals surface area contributed by atoms with E-state index in [-0.39, 0.29) is 24.0 Å². The third-order valence-corrected chi connectivity index (χ3v) is 7.88. The number of hydrogen-bond donors (Lipinski definition) is 1. The number of ketones is 1. The molecule has 7 atom stereocenters. The van der Waals surface area contributed by atoms with Crippen molar-refractivity contribution in [2.75, 3.05) is 7.11 Å². The number of benzene rings is 1. The molecule has 6 rings (SSSR count). The Morgan fingerprint density at radius 2 is 2.03 bits per heavy atom. The van der Waals surface area contributed by atoms with Gasteiger partial charge < -0.3 is 24.1 Å². The molecule has 0 saturated carbocycles. The fourth-order valence-corrected chi connectivity index (χ4v) is 6.31. The van der Waals surface area contributed by atoms with Gasteiger partial charge in [0.1, 0.15) is 22.9 Å². The predicted octanol–water partition coefficient (Wildman–Crippen LogP) is 2.41. The Labute approximate surface area is 196 Å². The predicted molar refractivity (Wildman–Crippen MR) is 119 cm³/mol. The van der Waals surface area contributed by atoms with Gasteiger partial charge in [-0.05, 0) is 29.8 Å². The van der Waals surface area contributed by atoms with Crippen LogP contribution < -0.4 is 10.1 Å². The van der Waals surface area contributed by atoms with Crippen molar-refractivity contribution >= 4 is 17.6 Å². The van der Waals surface area contributed by atoms with Crippen molar-refractivity contribution in [3.8, 4) is 5.75 Å². The number of fused-ring (bicyclic) bond motifs is 2. The minimum Gasteiger partial charge on any atom is -0.497 e. The van der Waals surface area contributed by atoms with Gasteiger partial charge in [-0.2, -0.15) is 0 Å². The van der Waals surface area contributed by atoms with E-state index in [4.69, 9.17) is 13.9 Å². The molecule has 4 aliphatic heterocycles. The topological polar surface area (TPSA) is 98.1 Å². The first-order valence-corrected chi connectivity index (χ1v) is 11.6. The van der Waals surface area contributed by atoms with E-state index >= 15 is 0 Å². The minimum atomic E-state index is -0.982. The first-order chi connectivity index (χ1) is 16.4. The first-order valence-electron chi connectivity index (χ1n) is 11.6. The number of carbonyl (C=O) groups excluding carboxylic acids is 3.